The molecule has 1 unspecified atom stereocenters. The van der Waals surface area contributed by atoms with Crippen LogP contribution in [0.15, 0.2) is 0 Å². The predicted octanol–water partition coefficient (Wildman–Crippen LogP) is -0.666. The molecule has 19 heavy (non-hydrogen) atoms. The van der Waals surface area contributed by atoms with Crippen LogP contribution in [0.25, 0.3) is 0 Å². The Kier molecular flexibility index (Phi) is 6.23. The van der Waals surface area contributed by atoms with Crippen LogP contribution in [-0.2, 0) is 14.8 Å². The Balaban J connectivity index is 4.12. The molecule has 9 heteroatoms. The molecule has 1 atom stereocenters. The van der Waals surface area contributed by atoms with Gasteiger partial charge in [0, 0.05) is 18.6 Å². The summed E-state index contributed by atoms with van der Waals surface area (Å²) in [5, 5.41) is 13.5. The molecular weight excluding hydrogens is 274 g/mol. The molecule has 0 aromatic rings. The van der Waals surface area contributed by atoms with Gasteiger partial charge in [-0.1, -0.05) is 6.92 Å². The predicted molar refractivity (Wildman–Crippen MR) is 70.3 cm³/mol. The highest BCUT2D eigenvalue weighted by atomic mass is 32.2. The van der Waals surface area contributed by atoms with Crippen molar-refractivity contribution >= 4 is 22.0 Å². The molecule has 0 rings (SSSR count). The number of carboxylic acids is 1. The van der Waals surface area contributed by atoms with Gasteiger partial charge in [0.1, 0.15) is 0 Å². The minimum Gasteiger partial charge on any atom is -0.481 e. The van der Waals surface area contributed by atoms with Crippen molar-refractivity contribution < 1.29 is 23.1 Å². The summed E-state index contributed by atoms with van der Waals surface area (Å²) in [6, 6.07) is -0.545. The number of carboxylic acid groups (broad SMARTS) is 1. The zero-order chi connectivity index (χ0) is 15.3. The Labute approximate surface area is 113 Å². The second-order valence-corrected chi connectivity index (χ2v) is 6.81. The first-order valence-electron chi connectivity index (χ1n) is 5.66. The highest BCUT2D eigenvalue weighted by Crippen LogP contribution is 2.01. The van der Waals surface area contributed by atoms with Gasteiger partial charge >= 0.3 is 12.0 Å². The lowest BCUT2D eigenvalue weighted by Gasteiger charge is -2.25. The van der Waals surface area contributed by atoms with Crippen LogP contribution >= 0.6 is 0 Å². The van der Waals surface area contributed by atoms with Crippen molar-refractivity contribution in [1.82, 2.24) is 15.4 Å². The highest BCUT2D eigenvalue weighted by molar-refractivity contribution is 7.88. The van der Waals surface area contributed by atoms with Crippen molar-refractivity contribution in [2.45, 2.75) is 26.3 Å². The third-order valence-corrected chi connectivity index (χ3v) is 3.07. The quantitative estimate of drug-likeness (QED) is 0.496. The summed E-state index contributed by atoms with van der Waals surface area (Å²) in [4.78, 5) is 21.9. The van der Waals surface area contributed by atoms with Crippen LogP contribution in [0.2, 0.25) is 0 Å². The van der Waals surface area contributed by atoms with Crippen molar-refractivity contribution in [1.29, 1.82) is 0 Å². The summed E-state index contributed by atoms with van der Waals surface area (Å²) in [6.07, 6.45) is 1.03. The van der Waals surface area contributed by atoms with Gasteiger partial charge < -0.3 is 15.7 Å². The van der Waals surface area contributed by atoms with Gasteiger partial charge in [-0.3, -0.25) is 4.79 Å². The van der Waals surface area contributed by atoms with Crippen molar-refractivity contribution in [2.24, 2.45) is 5.92 Å². The smallest absolute Gasteiger partial charge is 0.314 e. The topological polar surface area (TPSA) is 125 Å². The first kappa shape index (κ1) is 17.6. The van der Waals surface area contributed by atoms with E-state index in [0.717, 1.165) is 6.26 Å². The van der Waals surface area contributed by atoms with E-state index in [1.807, 2.05) is 0 Å². The van der Waals surface area contributed by atoms with Crippen LogP contribution in [-0.4, -0.2) is 50.4 Å². The fourth-order valence-electron chi connectivity index (χ4n) is 1.23. The van der Waals surface area contributed by atoms with Gasteiger partial charge in [-0.05, 0) is 13.8 Å². The molecule has 8 nitrogen and oxygen atoms in total. The number of rotatable bonds is 7. The van der Waals surface area contributed by atoms with Crippen molar-refractivity contribution in [3.63, 3.8) is 0 Å². The first-order chi connectivity index (χ1) is 8.43. The molecule has 0 heterocycles. The molecule has 0 aliphatic heterocycles. The lowest BCUT2D eigenvalue weighted by atomic mass is 10.1. The molecule has 0 aromatic carbocycles. The summed E-state index contributed by atoms with van der Waals surface area (Å²) < 4.78 is 24.5. The molecule has 0 aliphatic rings. The molecule has 0 saturated heterocycles. The van der Waals surface area contributed by atoms with Crippen LogP contribution in [0.5, 0.6) is 0 Å². The van der Waals surface area contributed by atoms with Crippen LogP contribution in [0.4, 0.5) is 4.79 Å². The van der Waals surface area contributed by atoms with E-state index >= 15 is 0 Å². The van der Waals surface area contributed by atoms with Gasteiger partial charge in [0.05, 0.1) is 12.2 Å². The summed E-state index contributed by atoms with van der Waals surface area (Å²) >= 11 is 0. The number of hydrogen-bond acceptors (Lipinski definition) is 4. The minimum atomic E-state index is -3.37. The third kappa shape index (κ3) is 9.25. The van der Waals surface area contributed by atoms with E-state index in [-0.39, 0.29) is 13.1 Å². The lowest BCUT2D eigenvalue weighted by molar-refractivity contribution is -0.140. The third-order valence-electron chi connectivity index (χ3n) is 2.14. The van der Waals surface area contributed by atoms with Crippen LogP contribution in [0.3, 0.4) is 0 Å². The van der Waals surface area contributed by atoms with Gasteiger partial charge in [-0.2, -0.15) is 0 Å². The van der Waals surface area contributed by atoms with Crippen LogP contribution in [0, 0.1) is 5.92 Å². The number of amides is 2. The van der Waals surface area contributed by atoms with Crippen molar-refractivity contribution in [2.75, 3.05) is 19.3 Å². The second kappa shape index (κ2) is 6.71. The molecule has 0 fully saturated rings. The fraction of sp³-hybridized carbons (Fsp3) is 0.800. The average Bonchev–Trinajstić information content (AvgIpc) is 2.19. The van der Waals surface area contributed by atoms with Crippen molar-refractivity contribution in [3.8, 4) is 0 Å². The number of urea groups is 1. The maximum Gasteiger partial charge on any atom is 0.314 e. The number of carbonyl (C=O) groups excluding carboxylic acids is 1. The van der Waals surface area contributed by atoms with Gasteiger partial charge in [-0.25, -0.2) is 17.9 Å². The molecule has 0 aliphatic carbocycles. The molecule has 0 radical (unpaired) electrons. The highest BCUT2D eigenvalue weighted by Gasteiger charge is 2.22. The Morgan fingerprint density at radius 2 is 1.79 bits per heavy atom. The summed E-state index contributed by atoms with van der Waals surface area (Å²) in [5.74, 6) is -1.69. The van der Waals surface area contributed by atoms with Gasteiger partial charge in [0.2, 0.25) is 10.0 Å². The van der Waals surface area contributed by atoms with Crippen LogP contribution < -0.4 is 15.4 Å². The number of hydrogen-bond donors (Lipinski definition) is 4. The standard InChI is InChI=1S/C10H21N3O5S/c1-7(8(14)15)5-11-9(16)12-6-10(2,3)13-19(4,17)18/h7,13H,5-6H2,1-4H3,(H,14,15)(H2,11,12,16). The Morgan fingerprint density at radius 1 is 1.26 bits per heavy atom. The van der Waals surface area contributed by atoms with E-state index in [2.05, 4.69) is 15.4 Å². The van der Waals surface area contributed by atoms with E-state index < -0.39 is 33.5 Å². The van der Waals surface area contributed by atoms with Gasteiger partial charge in [0.25, 0.3) is 0 Å². The van der Waals surface area contributed by atoms with E-state index in [1.165, 1.54) is 6.92 Å². The molecule has 4 N–H and O–H groups in total. The number of sulfonamides is 1. The molecule has 0 bridgehead atoms. The molecule has 0 saturated carbocycles. The Bertz CT molecular complexity index is 432. The maximum absolute atomic E-state index is 11.4. The second-order valence-electron chi connectivity index (χ2n) is 5.06. The summed E-state index contributed by atoms with van der Waals surface area (Å²) in [5.41, 5.74) is -0.830. The van der Waals surface area contributed by atoms with Gasteiger partial charge in [0.15, 0.2) is 0 Å². The Hall–Kier alpha value is -1.35. The maximum atomic E-state index is 11.4. The summed E-state index contributed by atoms with van der Waals surface area (Å²) in [7, 11) is -3.37. The van der Waals surface area contributed by atoms with E-state index in [4.69, 9.17) is 5.11 Å². The zero-order valence-electron chi connectivity index (χ0n) is 11.5. The largest absolute Gasteiger partial charge is 0.481 e. The summed E-state index contributed by atoms with van der Waals surface area (Å²) in [6.45, 7) is 4.79. The van der Waals surface area contributed by atoms with Crippen molar-refractivity contribution in [3.05, 3.63) is 0 Å². The Morgan fingerprint density at radius 3 is 2.21 bits per heavy atom. The molecular formula is C10H21N3O5S. The van der Waals surface area contributed by atoms with Gasteiger partial charge in [-0.15, -0.1) is 0 Å². The van der Waals surface area contributed by atoms with E-state index in [9.17, 15) is 18.0 Å². The molecule has 0 spiro atoms. The SMILES string of the molecule is CC(CNC(=O)NCC(C)(C)NS(C)(=O)=O)C(=O)O. The van der Waals surface area contributed by atoms with Crippen LogP contribution in [0.1, 0.15) is 20.8 Å². The molecule has 112 valence electrons. The normalized spacial score (nSPS) is 13.7. The molecule has 2 amide bonds. The number of nitrogens with one attached hydrogen (secondary N) is 3. The number of carbonyl (C=O) groups is 2. The fourth-order valence-corrected chi connectivity index (χ4v) is 2.31. The first-order valence-corrected chi connectivity index (χ1v) is 7.55. The monoisotopic (exact) mass is 295 g/mol. The van der Waals surface area contributed by atoms with E-state index in [1.54, 1.807) is 13.8 Å². The molecule has 0 aromatic heterocycles. The minimum absolute atomic E-state index is 0.00109. The average molecular weight is 295 g/mol. The lowest BCUT2D eigenvalue weighted by Crippen LogP contribution is -2.53. The van der Waals surface area contributed by atoms with E-state index in [0.29, 0.717) is 0 Å². The zero-order valence-corrected chi connectivity index (χ0v) is 12.3. The number of aliphatic carboxylic acids is 1.